The molecule has 7 heteroatoms. The van der Waals surface area contributed by atoms with E-state index in [1.165, 1.54) is 14.0 Å². The molecule has 1 aliphatic rings. The molecule has 5 atom stereocenters. The van der Waals surface area contributed by atoms with Gasteiger partial charge in [-0.3, -0.25) is 4.79 Å². The predicted molar refractivity (Wildman–Crippen MR) is 138 cm³/mol. The zero-order chi connectivity index (χ0) is 26.3. The summed E-state index contributed by atoms with van der Waals surface area (Å²) in [6.07, 6.45) is -3.44. The Morgan fingerprint density at radius 1 is 0.703 bits per heavy atom. The van der Waals surface area contributed by atoms with Gasteiger partial charge in [0.2, 0.25) is 0 Å². The van der Waals surface area contributed by atoms with E-state index in [9.17, 15) is 4.79 Å². The minimum absolute atomic E-state index is 0.0762. The van der Waals surface area contributed by atoms with Crippen molar-refractivity contribution in [2.24, 2.45) is 0 Å². The van der Waals surface area contributed by atoms with Crippen LogP contribution in [0.25, 0.3) is 0 Å². The second-order valence-electron chi connectivity index (χ2n) is 8.84. The van der Waals surface area contributed by atoms with Gasteiger partial charge in [-0.25, -0.2) is 0 Å². The van der Waals surface area contributed by atoms with Crippen LogP contribution in [0.2, 0.25) is 0 Å². The smallest absolute Gasteiger partial charge is 0.303 e. The van der Waals surface area contributed by atoms with Crippen LogP contribution in [0.4, 0.5) is 0 Å². The van der Waals surface area contributed by atoms with Crippen LogP contribution >= 0.6 is 0 Å². The SMILES string of the molecule is CO[C@H]1O[C@H](COC(c2ccccc2)(c2ccccc2)c2ccccc2)[C@@H](OC(C)=O)[C@@H](OC)[C@H]1OC. The number of rotatable bonds is 10. The lowest BCUT2D eigenvalue weighted by molar-refractivity contribution is -0.309. The van der Waals surface area contributed by atoms with Crippen LogP contribution in [0.1, 0.15) is 23.6 Å². The third kappa shape index (κ3) is 5.61. The summed E-state index contributed by atoms with van der Waals surface area (Å²) in [5.74, 6) is -0.452. The van der Waals surface area contributed by atoms with E-state index in [0.717, 1.165) is 16.7 Å². The first kappa shape index (κ1) is 27.0. The van der Waals surface area contributed by atoms with Crippen LogP contribution in [0.15, 0.2) is 91.0 Å². The van der Waals surface area contributed by atoms with Crippen molar-refractivity contribution in [3.05, 3.63) is 108 Å². The molecule has 0 N–H and O–H groups in total. The Morgan fingerprint density at radius 2 is 1.16 bits per heavy atom. The summed E-state index contributed by atoms with van der Waals surface area (Å²) >= 11 is 0. The van der Waals surface area contributed by atoms with E-state index in [1.54, 1.807) is 14.2 Å². The molecule has 0 unspecified atom stereocenters. The minimum atomic E-state index is -0.961. The first-order valence-electron chi connectivity index (χ1n) is 12.3. The van der Waals surface area contributed by atoms with Gasteiger partial charge in [-0.1, -0.05) is 91.0 Å². The standard InChI is InChI=1S/C30H34O7/c1-21(31)36-26-25(37-29(34-4)28(33-3)27(26)32-2)20-35-30(22-14-8-5-9-15-22,23-16-10-6-11-17-23)24-18-12-7-13-19-24/h5-19,25-29H,20H2,1-4H3/t25-,26-,27-,28-,29+/m1/s1. The number of esters is 1. The summed E-state index contributed by atoms with van der Waals surface area (Å²) in [7, 11) is 4.62. The van der Waals surface area contributed by atoms with Gasteiger partial charge in [-0.2, -0.15) is 0 Å². The topological polar surface area (TPSA) is 72.5 Å². The molecule has 1 aliphatic heterocycles. The molecule has 1 saturated heterocycles. The van der Waals surface area contributed by atoms with Crippen LogP contribution in [0, 0.1) is 0 Å². The Labute approximate surface area is 218 Å². The lowest BCUT2D eigenvalue weighted by Crippen LogP contribution is -2.62. The van der Waals surface area contributed by atoms with Crippen molar-refractivity contribution in [2.75, 3.05) is 27.9 Å². The predicted octanol–water partition coefficient (Wildman–Crippen LogP) is 4.33. The summed E-state index contributed by atoms with van der Waals surface area (Å²) in [4.78, 5) is 12.1. The fraction of sp³-hybridized carbons (Fsp3) is 0.367. The quantitative estimate of drug-likeness (QED) is 0.299. The van der Waals surface area contributed by atoms with E-state index in [1.807, 2.05) is 91.0 Å². The monoisotopic (exact) mass is 506 g/mol. The van der Waals surface area contributed by atoms with Crippen molar-refractivity contribution in [2.45, 2.75) is 43.2 Å². The van der Waals surface area contributed by atoms with Gasteiger partial charge in [0.25, 0.3) is 0 Å². The highest BCUT2D eigenvalue weighted by molar-refractivity contribution is 5.66. The second-order valence-corrected chi connectivity index (χ2v) is 8.84. The Balaban J connectivity index is 1.79. The van der Waals surface area contributed by atoms with E-state index >= 15 is 0 Å². The zero-order valence-electron chi connectivity index (χ0n) is 21.6. The number of benzene rings is 3. The molecule has 4 rings (SSSR count). The van der Waals surface area contributed by atoms with Gasteiger partial charge in [0, 0.05) is 28.3 Å². The van der Waals surface area contributed by atoms with Crippen molar-refractivity contribution in [3.8, 4) is 0 Å². The van der Waals surface area contributed by atoms with Gasteiger partial charge in [0.1, 0.15) is 23.9 Å². The average molecular weight is 507 g/mol. The number of hydrogen-bond donors (Lipinski definition) is 0. The maximum Gasteiger partial charge on any atom is 0.303 e. The summed E-state index contributed by atoms with van der Waals surface area (Å²) in [5.41, 5.74) is 1.90. The average Bonchev–Trinajstić information content (AvgIpc) is 2.95. The van der Waals surface area contributed by atoms with Crippen LogP contribution in [-0.4, -0.2) is 64.6 Å². The molecule has 0 amide bonds. The van der Waals surface area contributed by atoms with E-state index in [0.29, 0.717) is 0 Å². The number of carbonyl (C=O) groups excluding carboxylic acids is 1. The molecule has 0 spiro atoms. The van der Waals surface area contributed by atoms with E-state index in [2.05, 4.69) is 0 Å². The Kier molecular flexibility index (Phi) is 9.08. The van der Waals surface area contributed by atoms with Crippen LogP contribution < -0.4 is 0 Å². The maximum atomic E-state index is 12.1. The van der Waals surface area contributed by atoms with Crippen LogP contribution in [0.3, 0.4) is 0 Å². The summed E-state index contributed by atoms with van der Waals surface area (Å²) in [6, 6.07) is 30.1. The molecular formula is C30H34O7. The molecule has 0 radical (unpaired) electrons. The van der Waals surface area contributed by atoms with E-state index in [4.69, 9.17) is 28.4 Å². The Morgan fingerprint density at radius 3 is 1.54 bits per heavy atom. The molecular weight excluding hydrogens is 472 g/mol. The fourth-order valence-electron chi connectivity index (χ4n) is 5.03. The molecule has 196 valence electrons. The highest BCUT2D eigenvalue weighted by Crippen LogP contribution is 2.41. The largest absolute Gasteiger partial charge is 0.457 e. The Hall–Kier alpha value is -3.07. The zero-order valence-corrected chi connectivity index (χ0v) is 21.6. The highest BCUT2D eigenvalue weighted by atomic mass is 16.7. The molecule has 0 saturated carbocycles. The van der Waals surface area contributed by atoms with Gasteiger partial charge in [0.05, 0.1) is 6.61 Å². The maximum absolute atomic E-state index is 12.1. The lowest BCUT2D eigenvalue weighted by Gasteiger charge is -2.45. The molecule has 37 heavy (non-hydrogen) atoms. The van der Waals surface area contributed by atoms with E-state index in [-0.39, 0.29) is 6.61 Å². The van der Waals surface area contributed by atoms with Crippen LogP contribution in [-0.2, 0) is 38.8 Å². The summed E-state index contributed by atoms with van der Waals surface area (Å²) in [6.45, 7) is 1.43. The van der Waals surface area contributed by atoms with Gasteiger partial charge in [-0.05, 0) is 16.7 Å². The molecule has 7 nitrogen and oxygen atoms in total. The molecule has 1 heterocycles. The lowest BCUT2D eigenvalue weighted by atomic mass is 9.80. The fourth-order valence-corrected chi connectivity index (χ4v) is 5.03. The molecule has 1 fully saturated rings. The van der Waals surface area contributed by atoms with Gasteiger partial charge < -0.3 is 28.4 Å². The van der Waals surface area contributed by atoms with Crippen molar-refractivity contribution >= 4 is 5.97 Å². The summed E-state index contributed by atoms with van der Waals surface area (Å²) < 4.78 is 35.8. The number of carbonyl (C=O) groups is 1. The second kappa shape index (κ2) is 12.4. The first-order valence-corrected chi connectivity index (χ1v) is 12.3. The summed E-state index contributed by atoms with van der Waals surface area (Å²) in [5, 5.41) is 0. The molecule has 0 bridgehead atoms. The Bertz CT molecular complexity index is 1010. The molecule has 3 aromatic carbocycles. The third-order valence-corrected chi connectivity index (χ3v) is 6.67. The normalized spacial score (nSPS) is 23.9. The number of methoxy groups -OCH3 is 3. The number of ether oxygens (including phenoxy) is 6. The number of hydrogen-bond acceptors (Lipinski definition) is 7. The van der Waals surface area contributed by atoms with Gasteiger partial charge >= 0.3 is 5.97 Å². The van der Waals surface area contributed by atoms with Crippen LogP contribution in [0.5, 0.6) is 0 Å². The molecule has 3 aromatic rings. The highest BCUT2D eigenvalue weighted by Gasteiger charge is 2.50. The van der Waals surface area contributed by atoms with Gasteiger partial charge in [-0.15, -0.1) is 0 Å². The minimum Gasteiger partial charge on any atom is -0.457 e. The van der Waals surface area contributed by atoms with Crippen molar-refractivity contribution in [1.82, 2.24) is 0 Å². The third-order valence-electron chi connectivity index (χ3n) is 6.67. The first-order chi connectivity index (χ1) is 18.0. The van der Waals surface area contributed by atoms with Crippen molar-refractivity contribution in [3.63, 3.8) is 0 Å². The van der Waals surface area contributed by atoms with Gasteiger partial charge in [0.15, 0.2) is 12.4 Å². The van der Waals surface area contributed by atoms with Crippen molar-refractivity contribution < 1.29 is 33.2 Å². The molecule has 0 aliphatic carbocycles. The van der Waals surface area contributed by atoms with E-state index < -0.39 is 42.3 Å². The van der Waals surface area contributed by atoms with Crippen molar-refractivity contribution in [1.29, 1.82) is 0 Å². The molecule has 0 aromatic heterocycles.